The predicted molar refractivity (Wildman–Crippen MR) is 157 cm³/mol. The van der Waals surface area contributed by atoms with E-state index in [1.807, 2.05) is 11.0 Å². The second-order valence-corrected chi connectivity index (χ2v) is 10.2. The summed E-state index contributed by atoms with van der Waals surface area (Å²) in [6, 6.07) is 7.31. The number of nitrogens with zero attached hydrogens (tertiary/aromatic N) is 5. The van der Waals surface area contributed by atoms with Crippen LogP contribution in [0.5, 0.6) is 5.75 Å². The average molecular weight is 552 g/mol. The number of aliphatic hydroxyl groups is 1. The molecule has 0 spiro atoms. The van der Waals surface area contributed by atoms with Crippen LogP contribution in [-0.4, -0.2) is 87.8 Å². The van der Waals surface area contributed by atoms with Crippen molar-refractivity contribution in [2.75, 3.05) is 57.5 Å². The standard InChI is InChI=1S/C29H41N7O4/c1-4-6-22(7-5-2)31-26-25-23(32-29(30)33-26)10-11-36(28(25)39)19-21-9-8-20(18-24(21)40-3)27(38)35-14-12-34(13-15-35)16-17-37/h8-11,18,22,37H,4-7,12-17,19H2,1-3H3,(H3,30,31,32,33). The third-order valence-corrected chi connectivity index (χ3v) is 7.41. The number of rotatable bonds is 12. The molecule has 216 valence electrons. The number of pyridine rings is 1. The van der Waals surface area contributed by atoms with Gasteiger partial charge in [-0.15, -0.1) is 0 Å². The summed E-state index contributed by atoms with van der Waals surface area (Å²) in [5.41, 5.74) is 7.56. The summed E-state index contributed by atoms with van der Waals surface area (Å²) in [6.45, 7) is 7.93. The lowest BCUT2D eigenvalue weighted by molar-refractivity contribution is 0.0614. The lowest BCUT2D eigenvalue weighted by atomic mass is 10.1. The molecule has 2 aromatic heterocycles. The number of hydrogen-bond acceptors (Lipinski definition) is 9. The molecule has 3 heterocycles. The highest BCUT2D eigenvalue weighted by Crippen LogP contribution is 2.24. The number of β-amino-alcohol motifs (C(OH)–C–C–N with tert-alkyl or cyclic N) is 1. The van der Waals surface area contributed by atoms with E-state index < -0.39 is 0 Å². The van der Waals surface area contributed by atoms with E-state index in [1.54, 1.807) is 36.1 Å². The van der Waals surface area contributed by atoms with Crippen molar-refractivity contribution in [3.05, 3.63) is 51.9 Å². The van der Waals surface area contributed by atoms with Crippen molar-refractivity contribution in [3.63, 3.8) is 0 Å². The van der Waals surface area contributed by atoms with Gasteiger partial charge in [-0.3, -0.25) is 14.5 Å². The molecular weight excluding hydrogens is 510 g/mol. The van der Waals surface area contributed by atoms with Crippen LogP contribution in [0.2, 0.25) is 0 Å². The van der Waals surface area contributed by atoms with Gasteiger partial charge in [-0.1, -0.05) is 32.8 Å². The Labute approximate surface area is 235 Å². The van der Waals surface area contributed by atoms with Crippen LogP contribution < -0.4 is 21.3 Å². The number of anilines is 2. The van der Waals surface area contributed by atoms with E-state index in [2.05, 4.69) is 34.0 Å². The fourth-order valence-corrected chi connectivity index (χ4v) is 5.30. The van der Waals surface area contributed by atoms with E-state index in [0.29, 0.717) is 47.7 Å². The molecule has 11 heteroatoms. The molecule has 1 saturated heterocycles. The molecule has 1 fully saturated rings. The highest BCUT2D eigenvalue weighted by molar-refractivity contribution is 5.95. The maximum Gasteiger partial charge on any atom is 0.264 e. The Bertz CT molecular complexity index is 1360. The second kappa shape index (κ2) is 13.6. The van der Waals surface area contributed by atoms with Crippen molar-refractivity contribution >= 4 is 28.6 Å². The zero-order valence-corrected chi connectivity index (χ0v) is 23.7. The van der Waals surface area contributed by atoms with Gasteiger partial charge in [0.25, 0.3) is 11.5 Å². The summed E-state index contributed by atoms with van der Waals surface area (Å²) in [5, 5.41) is 13.0. The number of benzene rings is 1. The number of nitrogens with one attached hydrogen (secondary N) is 1. The Morgan fingerprint density at radius 2 is 1.85 bits per heavy atom. The molecule has 1 aliphatic heterocycles. The number of aliphatic hydroxyl groups excluding tert-OH is 1. The largest absolute Gasteiger partial charge is 0.496 e. The molecule has 0 radical (unpaired) electrons. The topological polar surface area (TPSA) is 139 Å². The molecule has 3 aromatic rings. The minimum atomic E-state index is -0.227. The number of piperazine rings is 1. The minimum absolute atomic E-state index is 0.0597. The fraction of sp³-hybridized carbons (Fsp3) is 0.517. The van der Waals surface area contributed by atoms with E-state index >= 15 is 0 Å². The van der Waals surface area contributed by atoms with Crippen LogP contribution in [0, 0.1) is 0 Å². The van der Waals surface area contributed by atoms with E-state index in [-0.39, 0.29) is 36.6 Å². The summed E-state index contributed by atoms with van der Waals surface area (Å²) in [6.07, 6.45) is 5.64. The molecule has 0 saturated carbocycles. The molecule has 0 unspecified atom stereocenters. The van der Waals surface area contributed by atoms with Crippen LogP contribution in [-0.2, 0) is 6.54 Å². The van der Waals surface area contributed by atoms with E-state index in [0.717, 1.165) is 44.3 Å². The first-order chi connectivity index (χ1) is 19.4. The van der Waals surface area contributed by atoms with Gasteiger partial charge in [-0.05, 0) is 31.0 Å². The number of nitrogens with two attached hydrogens (primary N) is 1. The third kappa shape index (κ3) is 6.71. The average Bonchev–Trinajstić information content (AvgIpc) is 2.95. The Morgan fingerprint density at radius 3 is 2.50 bits per heavy atom. The van der Waals surface area contributed by atoms with E-state index in [4.69, 9.17) is 15.6 Å². The summed E-state index contributed by atoms with van der Waals surface area (Å²) in [4.78, 5) is 39.5. The number of fused-ring (bicyclic) bond motifs is 1. The molecule has 1 amide bonds. The van der Waals surface area contributed by atoms with E-state index in [9.17, 15) is 9.59 Å². The first kappa shape index (κ1) is 29.3. The smallest absolute Gasteiger partial charge is 0.264 e. The first-order valence-corrected chi connectivity index (χ1v) is 14.1. The Balaban J connectivity index is 1.59. The van der Waals surface area contributed by atoms with Crippen molar-refractivity contribution in [2.24, 2.45) is 0 Å². The van der Waals surface area contributed by atoms with Gasteiger partial charge in [0.05, 0.1) is 25.8 Å². The highest BCUT2D eigenvalue weighted by Gasteiger charge is 2.23. The van der Waals surface area contributed by atoms with Crippen molar-refractivity contribution in [1.29, 1.82) is 0 Å². The molecule has 4 N–H and O–H groups in total. The molecule has 0 aliphatic carbocycles. The number of ether oxygens (including phenoxy) is 1. The number of carbonyl (C=O) groups is 1. The van der Waals surface area contributed by atoms with Crippen LogP contribution in [0.25, 0.3) is 10.9 Å². The van der Waals surface area contributed by atoms with Gasteiger partial charge in [0, 0.05) is 56.1 Å². The Morgan fingerprint density at radius 1 is 1.12 bits per heavy atom. The van der Waals surface area contributed by atoms with Crippen LogP contribution >= 0.6 is 0 Å². The number of nitrogen functional groups attached to an aromatic ring is 1. The monoisotopic (exact) mass is 551 g/mol. The maximum atomic E-state index is 13.7. The number of carbonyl (C=O) groups excluding carboxylic acids is 1. The third-order valence-electron chi connectivity index (χ3n) is 7.41. The molecule has 4 rings (SSSR count). The zero-order valence-electron chi connectivity index (χ0n) is 23.7. The van der Waals surface area contributed by atoms with Gasteiger partial charge in [0.2, 0.25) is 5.95 Å². The summed E-state index contributed by atoms with van der Waals surface area (Å²) < 4.78 is 7.24. The summed E-state index contributed by atoms with van der Waals surface area (Å²) in [7, 11) is 1.56. The molecule has 11 nitrogen and oxygen atoms in total. The lowest BCUT2D eigenvalue weighted by Crippen LogP contribution is -2.49. The maximum absolute atomic E-state index is 13.7. The van der Waals surface area contributed by atoms with E-state index in [1.165, 1.54) is 0 Å². The number of methoxy groups -OCH3 is 1. The quantitative estimate of drug-likeness (QED) is 0.310. The highest BCUT2D eigenvalue weighted by atomic mass is 16.5. The SMILES string of the molecule is CCCC(CCC)Nc1nc(N)nc2ccn(Cc3ccc(C(=O)N4CCN(CCO)CC4)cc3OC)c(=O)c12. The van der Waals surface area contributed by atoms with Gasteiger partial charge in [0.1, 0.15) is 17.0 Å². The van der Waals surface area contributed by atoms with Crippen molar-refractivity contribution < 1.29 is 14.6 Å². The molecular formula is C29H41N7O4. The van der Waals surface area contributed by atoms with Crippen LogP contribution in [0.1, 0.15) is 55.5 Å². The molecule has 1 aromatic carbocycles. The minimum Gasteiger partial charge on any atom is -0.496 e. The molecule has 40 heavy (non-hydrogen) atoms. The number of hydrogen-bond donors (Lipinski definition) is 3. The fourth-order valence-electron chi connectivity index (χ4n) is 5.30. The second-order valence-electron chi connectivity index (χ2n) is 10.2. The van der Waals surface area contributed by atoms with Crippen molar-refractivity contribution in [1.82, 2.24) is 24.3 Å². The lowest BCUT2D eigenvalue weighted by Gasteiger charge is -2.34. The Kier molecular flexibility index (Phi) is 9.94. The molecule has 0 bridgehead atoms. The van der Waals surface area contributed by atoms with Gasteiger partial charge >= 0.3 is 0 Å². The van der Waals surface area contributed by atoms with Gasteiger partial charge < -0.3 is 30.4 Å². The van der Waals surface area contributed by atoms with Gasteiger partial charge in [0.15, 0.2) is 0 Å². The van der Waals surface area contributed by atoms with Gasteiger partial charge in [-0.2, -0.15) is 4.98 Å². The number of amides is 1. The summed E-state index contributed by atoms with van der Waals surface area (Å²) >= 11 is 0. The van der Waals surface area contributed by atoms with Crippen LogP contribution in [0.15, 0.2) is 35.3 Å². The first-order valence-electron chi connectivity index (χ1n) is 14.1. The summed E-state index contributed by atoms with van der Waals surface area (Å²) in [5.74, 6) is 1.06. The van der Waals surface area contributed by atoms with Crippen molar-refractivity contribution in [3.8, 4) is 5.75 Å². The van der Waals surface area contributed by atoms with Crippen molar-refractivity contribution in [2.45, 2.75) is 52.1 Å². The zero-order chi connectivity index (χ0) is 28.6. The molecule has 0 atom stereocenters. The Hall–Kier alpha value is -3.70. The van der Waals surface area contributed by atoms with Crippen LogP contribution in [0.3, 0.4) is 0 Å². The normalized spacial score (nSPS) is 14.2. The van der Waals surface area contributed by atoms with Crippen LogP contribution in [0.4, 0.5) is 11.8 Å². The van der Waals surface area contributed by atoms with Gasteiger partial charge in [-0.25, -0.2) is 4.98 Å². The number of aromatic nitrogens is 3. The molecule has 1 aliphatic rings. The predicted octanol–water partition coefficient (Wildman–Crippen LogP) is 2.56.